The zero-order valence-electron chi connectivity index (χ0n) is 15.6. The monoisotopic (exact) mass is 350 g/mol. The first kappa shape index (κ1) is 17.8. The third-order valence-corrected chi connectivity index (χ3v) is 4.24. The van der Waals surface area contributed by atoms with E-state index < -0.39 is 0 Å². The first-order chi connectivity index (χ1) is 12.7. The first-order valence-corrected chi connectivity index (χ1v) is 8.86. The maximum Gasteiger partial charge on any atom is 0.194 e. The minimum atomic E-state index is 0.620. The Labute approximate surface area is 154 Å². The van der Waals surface area contributed by atoms with Crippen LogP contribution in [0.3, 0.4) is 0 Å². The lowest BCUT2D eigenvalue weighted by Crippen LogP contribution is -2.38. The number of nitrogens with one attached hydrogen (secondary N) is 1. The number of guanidine groups is 1. The van der Waals surface area contributed by atoms with E-state index in [0.717, 1.165) is 30.3 Å². The molecule has 136 valence electrons. The number of hydrogen-bond acceptors (Lipinski definition) is 2. The van der Waals surface area contributed by atoms with E-state index in [1.807, 2.05) is 29.1 Å². The van der Waals surface area contributed by atoms with Crippen LogP contribution in [0.4, 0.5) is 0 Å². The second-order valence-electron chi connectivity index (χ2n) is 6.26. The highest BCUT2D eigenvalue weighted by Gasteiger charge is 2.08. The van der Waals surface area contributed by atoms with Gasteiger partial charge in [0.25, 0.3) is 0 Å². The quantitative estimate of drug-likeness (QED) is 0.549. The van der Waals surface area contributed by atoms with Crippen LogP contribution < -0.4 is 5.32 Å². The number of nitrogens with zero attached hydrogens (tertiary/aromatic N) is 5. The zero-order chi connectivity index (χ0) is 18.4. The van der Waals surface area contributed by atoms with Gasteiger partial charge in [-0.1, -0.05) is 12.1 Å². The zero-order valence-corrected chi connectivity index (χ0v) is 15.6. The van der Waals surface area contributed by atoms with Crippen LogP contribution >= 0.6 is 0 Å². The van der Waals surface area contributed by atoms with Gasteiger partial charge in [-0.15, -0.1) is 0 Å². The molecule has 0 bridgehead atoms. The van der Waals surface area contributed by atoms with Crippen LogP contribution in [0.15, 0.2) is 66.0 Å². The van der Waals surface area contributed by atoms with Crippen LogP contribution in [-0.4, -0.2) is 38.8 Å². The molecule has 0 saturated carbocycles. The Morgan fingerprint density at radius 2 is 2.08 bits per heavy atom. The molecule has 2 aromatic heterocycles. The average molecular weight is 350 g/mol. The third kappa shape index (κ3) is 4.33. The van der Waals surface area contributed by atoms with E-state index in [4.69, 9.17) is 4.99 Å². The number of benzene rings is 1. The summed E-state index contributed by atoms with van der Waals surface area (Å²) >= 11 is 0. The predicted molar refractivity (Wildman–Crippen MR) is 105 cm³/mol. The summed E-state index contributed by atoms with van der Waals surface area (Å²) in [4.78, 5) is 6.96. The molecule has 0 atom stereocenters. The molecule has 26 heavy (non-hydrogen) atoms. The maximum atomic E-state index is 4.81. The molecule has 0 spiro atoms. The lowest BCUT2D eigenvalue weighted by atomic mass is 10.2. The van der Waals surface area contributed by atoms with Crippen LogP contribution in [0.5, 0.6) is 0 Å². The summed E-state index contributed by atoms with van der Waals surface area (Å²) in [6, 6.07) is 14.4. The van der Waals surface area contributed by atoms with Crippen molar-refractivity contribution in [1.82, 2.24) is 24.6 Å². The van der Waals surface area contributed by atoms with E-state index in [2.05, 4.69) is 71.4 Å². The van der Waals surface area contributed by atoms with E-state index in [9.17, 15) is 0 Å². The topological polar surface area (TPSA) is 50.4 Å². The van der Waals surface area contributed by atoms with Crippen molar-refractivity contribution in [2.75, 3.05) is 13.6 Å². The molecule has 0 unspecified atom stereocenters. The standard InChI is InChI=1S/C20H26N6/c1-4-21-20(25(3)16-19-10-6-12-24(19)2)22-15-17-8-5-9-18(14-17)26-13-7-11-23-26/h5-14H,4,15-16H2,1-3H3,(H,21,22). The molecule has 2 heterocycles. The van der Waals surface area contributed by atoms with Gasteiger partial charge in [0.15, 0.2) is 5.96 Å². The van der Waals surface area contributed by atoms with Crippen molar-refractivity contribution in [2.24, 2.45) is 12.0 Å². The van der Waals surface area contributed by atoms with E-state index in [0.29, 0.717) is 6.54 Å². The van der Waals surface area contributed by atoms with Gasteiger partial charge in [0.2, 0.25) is 0 Å². The number of hydrogen-bond donors (Lipinski definition) is 1. The van der Waals surface area contributed by atoms with Crippen LogP contribution in [-0.2, 0) is 20.1 Å². The fourth-order valence-electron chi connectivity index (χ4n) is 2.83. The molecule has 3 rings (SSSR count). The van der Waals surface area contributed by atoms with Gasteiger partial charge in [-0.3, -0.25) is 0 Å². The van der Waals surface area contributed by atoms with Gasteiger partial charge in [0.05, 0.1) is 18.8 Å². The molecule has 0 aliphatic carbocycles. The minimum absolute atomic E-state index is 0.620. The highest BCUT2D eigenvalue weighted by atomic mass is 15.3. The normalized spacial score (nSPS) is 11.6. The van der Waals surface area contributed by atoms with Crippen molar-refractivity contribution < 1.29 is 0 Å². The Kier molecular flexibility index (Phi) is 5.73. The Balaban J connectivity index is 1.73. The lowest BCUT2D eigenvalue weighted by molar-refractivity contribution is 0.462. The summed E-state index contributed by atoms with van der Waals surface area (Å²) in [6.45, 7) is 4.35. The van der Waals surface area contributed by atoms with Gasteiger partial charge in [-0.25, -0.2) is 9.67 Å². The molecule has 0 radical (unpaired) electrons. The molecule has 0 aliphatic heterocycles. The van der Waals surface area contributed by atoms with Gasteiger partial charge < -0.3 is 14.8 Å². The first-order valence-electron chi connectivity index (χ1n) is 8.86. The number of aryl methyl sites for hydroxylation is 1. The Bertz CT molecular complexity index is 847. The summed E-state index contributed by atoms with van der Waals surface area (Å²) in [6.07, 6.45) is 5.79. The summed E-state index contributed by atoms with van der Waals surface area (Å²) in [5.41, 5.74) is 3.45. The molecule has 6 nitrogen and oxygen atoms in total. The van der Waals surface area contributed by atoms with Crippen LogP contribution in [0.1, 0.15) is 18.2 Å². The molecule has 0 saturated heterocycles. The van der Waals surface area contributed by atoms with E-state index >= 15 is 0 Å². The lowest BCUT2D eigenvalue weighted by Gasteiger charge is -2.22. The van der Waals surface area contributed by atoms with E-state index in [1.54, 1.807) is 6.20 Å². The molecule has 1 N–H and O–H groups in total. The Morgan fingerprint density at radius 1 is 1.19 bits per heavy atom. The molecular weight excluding hydrogens is 324 g/mol. The molecule has 6 heteroatoms. The smallest absolute Gasteiger partial charge is 0.194 e. The average Bonchev–Trinajstić information content (AvgIpc) is 3.31. The van der Waals surface area contributed by atoms with Gasteiger partial charge in [-0.05, 0) is 42.8 Å². The molecule has 0 fully saturated rings. The molecular formula is C20H26N6. The summed E-state index contributed by atoms with van der Waals surface area (Å²) < 4.78 is 3.99. The largest absolute Gasteiger partial charge is 0.357 e. The van der Waals surface area contributed by atoms with Gasteiger partial charge in [0, 0.05) is 44.9 Å². The van der Waals surface area contributed by atoms with Crippen molar-refractivity contribution in [2.45, 2.75) is 20.0 Å². The van der Waals surface area contributed by atoms with Gasteiger partial charge in [-0.2, -0.15) is 5.10 Å². The Hall–Kier alpha value is -3.02. The fraction of sp³-hybridized carbons (Fsp3) is 0.300. The highest BCUT2D eigenvalue weighted by molar-refractivity contribution is 5.79. The van der Waals surface area contributed by atoms with E-state index in [1.165, 1.54) is 5.69 Å². The SMILES string of the molecule is CCNC(=NCc1cccc(-n2cccn2)c1)N(C)Cc1cccn1C. The number of rotatable bonds is 6. The van der Waals surface area contributed by atoms with Crippen molar-refractivity contribution in [3.63, 3.8) is 0 Å². The number of aromatic nitrogens is 3. The van der Waals surface area contributed by atoms with Crippen molar-refractivity contribution in [3.8, 4) is 5.69 Å². The highest BCUT2D eigenvalue weighted by Crippen LogP contribution is 2.11. The summed E-state index contributed by atoms with van der Waals surface area (Å²) in [5.74, 6) is 0.901. The molecule has 1 aromatic carbocycles. The third-order valence-electron chi connectivity index (χ3n) is 4.24. The Morgan fingerprint density at radius 3 is 2.77 bits per heavy atom. The van der Waals surface area contributed by atoms with Crippen LogP contribution in [0, 0.1) is 0 Å². The summed E-state index contributed by atoms with van der Waals surface area (Å²) in [5, 5.41) is 7.66. The van der Waals surface area contributed by atoms with E-state index in [-0.39, 0.29) is 0 Å². The molecule has 0 aliphatic rings. The van der Waals surface area contributed by atoms with Crippen LogP contribution in [0.2, 0.25) is 0 Å². The minimum Gasteiger partial charge on any atom is -0.357 e. The second-order valence-corrected chi connectivity index (χ2v) is 6.26. The predicted octanol–water partition coefficient (Wildman–Crippen LogP) is 2.81. The maximum absolute atomic E-state index is 4.81. The van der Waals surface area contributed by atoms with Gasteiger partial charge >= 0.3 is 0 Å². The van der Waals surface area contributed by atoms with Crippen molar-refractivity contribution >= 4 is 5.96 Å². The number of aliphatic imine (C=N–C) groups is 1. The summed E-state index contributed by atoms with van der Waals surface area (Å²) in [7, 11) is 4.13. The van der Waals surface area contributed by atoms with Crippen molar-refractivity contribution in [1.29, 1.82) is 0 Å². The fourth-order valence-corrected chi connectivity index (χ4v) is 2.83. The van der Waals surface area contributed by atoms with Crippen molar-refractivity contribution in [3.05, 3.63) is 72.3 Å². The van der Waals surface area contributed by atoms with Crippen LogP contribution in [0.25, 0.3) is 5.69 Å². The van der Waals surface area contributed by atoms with Gasteiger partial charge in [0.1, 0.15) is 0 Å². The molecule has 3 aromatic rings. The molecule has 0 amide bonds. The second kappa shape index (κ2) is 8.38.